The van der Waals surface area contributed by atoms with Crippen molar-refractivity contribution in [2.24, 2.45) is 0 Å². The van der Waals surface area contributed by atoms with Crippen molar-refractivity contribution in [1.29, 1.82) is 0 Å². The third kappa shape index (κ3) is 3.96. The fourth-order valence-electron chi connectivity index (χ4n) is 4.35. The number of hydrogen-bond donors (Lipinski definition) is 0. The minimum absolute atomic E-state index is 0.181. The molecule has 4 heterocycles. The van der Waals surface area contributed by atoms with Gasteiger partial charge in [-0.3, -0.25) is 19.5 Å². The number of rotatable bonds is 6. The molecule has 0 atom stereocenters. The highest BCUT2D eigenvalue weighted by Crippen LogP contribution is 2.37. The van der Waals surface area contributed by atoms with Gasteiger partial charge in [0, 0.05) is 56.5 Å². The molecule has 34 heavy (non-hydrogen) atoms. The van der Waals surface area contributed by atoms with Crippen molar-refractivity contribution >= 4 is 23.3 Å². The first-order valence-corrected chi connectivity index (χ1v) is 11.1. The standard InChI is InChI=1S/C25H24N6O3/c1-34-20-6-3-2-5-19(20)21-22(24(33)31(23(21)32)17-18-7-11-26-12-8-18)29-13-15-30(16-14-29)25-27-9-4-10-28-25/h2-12H,13-17H2,1H3. The second-order valence-corrected chi connectivity index (χ2v) is 8.00. The van der Waals surface area contributed by atoms with Crippen molar-refractivity contribution in [3.05, 3.63) is 84.1 Å². The molecule has 3 aromatic rings. The molecule has 1 aromatic carbocycles. The maximum atomic E-state index is 13.7. The molecule has 0 bridgehead atoms. The number of piperazine rings is 1. The van der Waals surface area contributed by atoms with Crippen LogP contribution in [0.4, 0.5) is 5.95 Å². The molecule has 0 unspecified atom stereocenters. The van der Waals surface area contributed by atoms with Crippen LogP contribution in [0.3, 0.4) is 0 Å². The van der Waals surface area contributed by atoms with Crippen LogP contribution in [0.5, 0.6) is 5.75 Å². The molecule has 9 nitrogen and oxygen atoms in total. The molecule has 2 aromatic heterocycles. The van der Waals surface area contributed by atoms with E-state index in [1.54, 1.807) is 56.2 Å². The van der Waals surface area contributed by atoms with Crippen LogP contribution in [0, 0.1) is 0 Å². The number of hydrogen-bond acceptors (Lipinski definition) is 8. The van der Waals surface area contributed by atoms with Gasteiger partial charge in [-0.15, -0.1) is 0 Å². The Morgan fingerprint density at radius 2 is 1.50 bits per heavy atom. The molecule has 0 radical (unpaired) electrons. The van der Waals surface area contributed by atoms with Gasteiger partial charge >= 0.3 is 0 Å². The Hall–Kier alpha value is -4.27. The van der Waals surface area contributed by atoms with E-state index in [-0.39, 0.29) is 18.4 Å². The lowest BCUT2D eigenvalue weighted by molar-refractivity contribution is -0.138. The Labute approximate surface area is 197 Å². The van der Waals surface area contributed by atoms with E-state index in [0.29, 0.717) is 54.7 Å². The van der Waals surface area contributed by atoms with E-state index in [1.807, 2.05) is 23.1 Å². The minimum atomic E-state index is -0.324. The molecule has 0 N–H and O–H groups in total. The third-order valence-corrected chi connectivity index (χ3v) is 6.04. The average molecular weight is 457 g/mol. The van der Waals surface area contributed by atoms with E-state index in [4.69, 9.17) is 4.74 Å². The van der Waals surface area contributed by atoms with Gasteiger partial charge in [-0.1, -0.05) is 18.2 Å². The van der Waals surface area contributed by atoms with E-state index in [0.717, 1.165) is 5.56 Å². The van der Waals surface area contributed by atoms with Crippen LogP contribution >= 0.6 is 0 Å². The molecule has 2 aliphatic heterocycles. The van der Waals surface area contributed by atoms with Crippen LogP contribution in [0.25, 0.3) is 5.57 Å². The molecular weight excluding hydrogens is 432 g/mol. The molecule has 5 rings (SSSR count). The predicted molar refractivity (Wildman–Crippen MR) is 126 cm³/mol. The lowest BCUT2D eigenvalue weighted by Crippen LogP contribution is -2.48. The highest BCUT2D eigenvalue weighted by Gasteiger charge is 2.43. The quantitative estimate of drug-likeness (QED) is 0.520. The van der Waals surface area contributed by atoms with E-state index < -0.39 is 0 Å². The average Bonchev–Trinajstić information content (AvgIpc) is 3.14. The molecule has 2 amide bonds. The summed E-state index contributed by atoms with van der Waals surface area (Å²) in [5, 5.41) is 0. The Morgan fingerprint density at radius 3 is 2.21 bits per heavy atom. The Morgan fingerprint density at radius 1 is 0.824 bits per heavy atom. The smallest absolute Gasteiger partial charge is 0.278 e. The fraction of sp³-hybridized carbons (Fsp3) is 0.240. The number of carbonyl (C=O) groups is 2. The summed E-state index contributed by atoms with van der Waals surface area (Å²) in [7, 11) is 1.56. The van der Waals surface area contributed by atoms with Gasteiger partial charge in [0.2, 0.25) is 5.95 Å². The molecular formula is C25H24N6O3. The van der Waals surface area contributed by atoms with Crippen LogP contribution in [0.1, 0.15) is 11.1 Å². The molecule has 1 fully saturated rings. The van der Waals surface area contributed by atoms with Crippen LogP contribution in [-0.4, -0.2) is 69.9 Å². The molecule has 0 spiro atoms. The number of aromatic nitrogens is 3. The SMILES string of the molecule is COc1ccccc1C1=C(N2CCN(c3ncccn3)CC2)C(=O)N(Cc2ccncc2)C1=O. The first kappa shape index (κ1) is 21.6. The number of anilines is 1. The number of amides is 2. The Kier molecular flexibility index (Phi) is 5.90. The summed E-state index contributed by atoms with van der Waals surface area (Å²) in [6.45, 7) is 2.58. The number of carbonyl (C=O) groups excluding carboxylic acids is 2. The molecule has 172 valence electrons. The number of nitrogens with zero attached hydrogens (tertiary/aromatic N) is 6. The van der Waals surface area contributed by atoms with Gasteiger partial charge in [0.1, 0.15) is 11.4 Å². The van der Waals surface area contributed by atoms with Crippen LogP contribution in [0.2, 0.25) is 0 Å². The van der Waals surface area contributed by atoms with Gasteiger partial charge in [-0.05, 0) is 29.8 Å². The van der Waals surface area contributed by atoms with Gasteiger partial charge in [-0.25, -0.2) is 9.97 Å². The number of benzene rings is 1. The number of ether oxygens (including phenoxy) is 1. The zero-order valence-electron chi connectivity index (χ0n) is 18.8. The van der Waals surface area contributed by atoms with E-state index in [9.17, 15) is 9.59 Å². The summed E-state index contributed by atoms with van der Waals surface area (Å²) < 4.78 is 5.54. The first-order chi connectivity index (χ1) is 16.7. The van der Waals surface area contributed by atoms with Crippen molar-refractivity contribution < 1.29 is 14.3 Å². The van der Waals surface area contributed by atoms with Gasteiger partial charge < -0.3 is 14.5 Å². The molecule has 0 saturated carbocycles. The van der Waals surface area contributed by atoms with Gasteiger partial charge in [-0.2, -0.15) is 0 Å². The first-order valence-electron chi connectivity index (χ1n) is 11.1. The van der Waals surface area contributed by atoms with Crippen molar-refractivity contribution in [1.82, 2.24) is 24.8 Å². The fourth-order valence-corrected chi connectivity index (χ4v) is 4.35. The van der Waals surface area contributed by atoms with E-state index in [2.05, 4.69) is 19.9 Å². The summed E-state index contributed by atoms with van der Waals surface area (Å²) in [6, 6.07) is 12.7. The highest BCUT2D eigenvalue weighted by molar-refractivity contribution is 6.35. The minimum Gasteiger partial charge on any atom is -0.496 e. The summed E-state index contributed by atoms with van der Waals surface area (Å²) in [4.78, 5) is 45.4. The second kappa shape index (κ2) is 9.30. The topological polar surface area (TPSA) is 91.8 Å². The Bertz CT molecular complexity index is 1220. The highest BCUT2D eigenvalue weighted by atomic mass is 16.5. The molecule has 0 aliphatic carbocycles. The summed E-state index contributed by atoms with van der Waals surface area (Å²) in [5.41, 5.74) is 2.24. The summed E-state index contributed by atoms with van der Waals surface area (Å²) in [6.07, 6.45) is 6.74. The van der Waals surface area contributed by atoms with Gasteiger partial charge in [0.25, 0.3) is 11.8 Å². The summed E-state index contributed by atoms with van der Waals surface area (Å²) >= 11 is 0. The van der Waals surface area contributed by atoms with Crippen molar-refractivity contribution in [3.8, 4) is 5.75 Å². The van der Waals surface area contributed by atoms with Gasteiger partial charge in [0.15, 0.2) is 0 Å². The van der Waals surface area contributed by atoms with Gasteiger partial charge in [0.05, 0.1) is 19.2 Å². The van der Waals surface area contributed by atoms with Crippen molar-refractivity contribution in [2.75, 3.05) is 38.2 Å². The van der Waals surface area contributed by atoms with E-state index in [1.165, 1.54) is 4.90 Å². The van der Waals surface area contributed by atoms with Crippen molar-refractivity contribution in [3.63, 3.8) is 0 Å². The van der Waals surface area contributed by atoms with E-state index >= 15 is 0 Å². The third-order valence-electron chi connectivity index (χ3n) is 6.04. The molecule has 1 saturated heterocycles. The molecule has 9 heteroatoms. The number of para-hydroxylation sites is 1. The lowest BCUT2D eigenvalue weighted by Gasteiger charge is -2.36. The van der Waals surface area contributed by atoms with Crippen LogP contribution in [0.15, 0.2) is 72.9 Å². The predicted octanol–water partition coefficient (Wildman–Crippen LogP) is 1.98. The second-order valence-electron chi connectivity index (χ2n) is 8.00. The van der Waals surface area contributed by atoms with Crippen LogP contribution in [-0.2, 0) is 16.1 Å². The number of pyridine rings is 1. The normalized spacial score (nSPS) is 16.4. The maximum absolute atomic E-state index is 13.7. The molecule has 2 aliphatic rings. The number of imide groups is 1. The number of methoxy groups -OCH3 is 1. The van der Waals surface area contributed by atoms with Crippen molar-refractivity contribution in [2.45, 2.75) is 6.54 Å². The Balaban J connectivity index is 1.49. The summed E-state index contributed by atoms with van der Waals surface area (Å²) in [5.74, 6) is 0.592. The lowest BCUT2D eigenvalue weighted by atomic mass is 10.0. The monoisotopic (exact) mass is 456 g/mol. The zero-order chi connectivity index (χ0) is 23.5. The maximum Gasteiger partial charge on any atom is 0.278 e. The zero-order valence-corrected chi connectivity index (χ0v) is 18.8. The van der Waals surface area contributed by atoms with Crippen LogP contribution < -0.4 is 9.64 Å². The largest absolute Gasteiger partial charge is 0.496 e.